The summed E-state index contributed by atoms with van der Waals surface area (Å²) in [7, 11) is 0. The maximum atomic E-state index is 12.2. The first-order chi connectivity index (χ1) is 12.0. The molecule has 3 heterocycles. The van der Waals surface area contributed by atoms with Crippen LogP contribution in [-0.2, 0) is 11.3 Å². The van der Waals surface area contributed by atoms with E-state index in [-0.39, 0.29) is 24.8 Å². The highest BCUT2D eigenvalue weighted by Gasteiger charge is 2.17. The van der Waals surface area contributed by atoms with Gasteiger partial charge in [0, 0.05) is 23.4 Å². The molecule has 0 fully saturated rings. The molecule has 9 heteroatoms. The highest BCUT2D eigenvalue weighted by Crippen LogP contribution is 2.38. The van der Waals surface area contributed by atoms with Crippen LogP contribution in [0.1, 0.15) is 11.3 Å². The Morgan fingerprint density at radius 2 is 2.08 bits per heavy atom. The summed E-state index contributed by atoms with van der Waals surface area (Å²) < 4.78 is 12.8. The summed E-state index contributed by atoms with van der Waals surface area (Å²) in [5.74, 6) is 0.969. The first-order valence-electron chi connectivity index (χ1n) is 7.54. The smallest absolute Gasteiger partial charge is 0.256 e. The minimum absolute atomic E-state index is 0.119. The zero-order valence-corrected chi connectivity index (χ0v) is 14.3. The monoisotopic (exact) mass is 358 g/mol. The van der Waals surface area contributed by atoms with E-state index in [1.807, 2.05) is 6.07 Å². The molecule has 0 radical (unpaired) electrons. The Bertz CT molecular complexity index is 1020. The maximum absolute atomic E-state index is 12.2. The average molecular weight is 358 g/mol. The normalized spacial score (nSPS) is 12.6. The van der Waals surface area contributed by atoms with Crippen molar-refractivity contribution in [1.29, 1.82) is 0 Å². The number of aryl methyl sites for hydroxylation is 1. The lowest BCUT2D eigenvalue weighted by Gasteiger charge is -2.07. The van der Waals surface area contributed by atoms with Gasteiger partial charge in [0.25, 0.3) is 5.56 Å². The Balaban J connectivity index is 1.54. The first kappa shape index (κ1) is 15.6. The lowest BCUT2D eigenvalue weighted by Crippen LogP contribution is -2.29. The van der Waals surface area contributed by atoms with Crippen LogP contribution in [0, 0.1) is 13.8 Å². The fraction of sp³-hybridized carbons (Fsp3) is 0.250. The maximum Gasteiger partial charge on any atom is 0.256 e. The second-order valence-electron chi connectivity index (χ2n) is 5.63. The molecule has 1 aromatic carbocycles. The van der Waals surface area contributed by atoms with Crippen molar-refractivity contribution in [3.8, 4) is 11.5 Å². The van der Waals surface area contributed by atoms with E-state index in [2.05, 4.69) is 15.3 Å². The van der Waals surface area contributed by atoms with Crippen LogP contribution < -0.4 is 20.3 Å². The number of hydrogen-bond donors (Lipinski definition) is 1. The molecule has 0 saturated heterocycles. The van der Waals surface area contributed by atoms with Gasteiger partial charge in [0.05, 0.1) is 16.5 Å². The van der Waals surface area contributed by atoms with Crippen LogP contribution in [0.4, 0.5) is 5.13 Å². The quantitative estimate of drug-likeness (QED) is 0.768. The zero-order valence-electron chi connectivity index (χ0n) is 13.5. The molecular formula is C16H14N4O4S. The molecule has 3 aromatic rings. The van der Waals surface area contributed by atoms with Crippen molar-refractivity contribution in [2.24, 2.45) is 0 Å². The van der Waals surface area contributed by atoms with E-state index >= 15 is 0 Å². The van der Waals surface area contributed by atoms with Crippen molar-refractivity contribution in [3.63, 3.8) is 0 Å². The van der Waals surface area contributed by atoms with Crippen LogP contribution in [0.2, 0.25) is 0 Å². The number of rotatable bonds is 3. The Morgan fingerprint density at radius 1 is 1.32 bits per heavy atom. The number of ether oxygens (including phenoxy) is 2. The summed E-state index contributed by atoms with van der Waals surface area (Å²) in [6.07, 6.45) is 1.38. The average Bonchev–Trinajstić information content (AvgIpc) is 3.18. The van der Waals surface area contributed by atoms with E-state index in [0.717, 1.165) is 10.2 Å². The topological polar surface area (TPSA) is 95.3 Å². The fourth-order valence-electron chi connectivity index (χ4n) is 2.47. The van der Waals surface area contributed by atoms with Crippen LogP contribution in [0.3, 0.4) is 0 Å². The molecule has 1 N–H and O–H groups in total. The molecular weight excluding hydrogens is 344 g/mol. The summed E-state index contributed by atoms with van der Waals surface area (Å²) >= 11 is 1.33. The number of anilines is 1. The van der Waals surface area contributed by atoms with E-state index in [1.54, 1.807) is 19.9 Å². The number of carbonyl (C=O) groups excluding carboxylic acids is 1. The SMILES string of the molecule is Cc1ncn(CC(=O)Nc2nc3cc4c(cc3s2)OCO4)c(=O)c1C. The van der Waals surface area contributed by atoms with Gasteiger partial charge in [-0.15, -0.1) is 0 Å². The van der Waals surface area contributed by atoms with Crippen LogP contribution in [0.5, 0.6) is 11.5 Å². The van der Waals surface area contributed by atoms with Gasteiger partial charge in [-0.05, 0) is 13.8 Å². The van der Waals surface area contributed by atoms with Gasteiger partial charge in [0.1, 0.15) is 6.54 Å². The van der Waals surface area contributed by atoms with Crippen LogP contribution in [0.25, 0.3) is 10.2 Å². The minimum Gasteiger partial charge on any atom is -0.454 e. The highest BCUT2D eigenvalue weighted by atomic mass is 32.1. The second kappa shape index (κ2) is 5.85. The molecule has 0 bridgehead atoms. The van der Waals surface area contributed by atoms with Crippen LogP contribution in [-0.4, -0.2) is 27.2 Å². The molecule has 25 heavy (non-hydrogen) atoms. The molecule has 0 spiro atoms. The van der Waals surface area contributed by atoms with Gasteiger partial charge in [-0.3, -0.25) is 14.2 Å². The minimum atomic E-state index is -0.341. The summed E-state index contributed by atoms with van der Waals surface area (Å²) in [6, 6.07) is 3.62. The number of thiazole rings is 1. The van der Waals surface area contributed by atoms with E-state index < -0.39 is 0 Å². The summed E-state index contributed by atoms with van der Waals surface area (Å²) in [5.41, 5.74) is 1.68. The predicted molar refractivity (Wildman–Crippen MR) is 92.3 cm³/mol. The van der Waals surface area contributed by atoms with Crippen molar-refractivity contribution < 1.29 is 14.3 Å². The summed E-state index contributed by atoms with van der Waals surface area (Å²) in [6.45, 7) is 3.53. The van der Waals surface area contributed by atoms with E-state index in [4.69, 9.17) is 9.47 Å². The van der Waals surface area contributed by atoms with Gasteiger partial charge < -0.3 is 14.8 Å². The molecule has 0 aliphatic carbocycles. The third-order valence-corrected chi connectivity index (χ3v) is 4.89. The van der Waals surface area contributed by atoms with Crippen LogP contribution >= 0.6 is 11.3 Å². The van der Waals surface area contributed by atoms with Gasteiger partial charge in [-0.1, -0.05) is 11.3 Å². The Hall–Kier alpha value is -2.94. The number of hydrogen-bond acceptors (Lipinski definition) is 7. The van der Waals surface area contributed by atoms with Gasteiger partial charge in [-0.25, -0.2) is 9.97 Å². The predicted octanol–water partition coefficient (Wildman–Crippen LogP) is 1.84. The fourth-order valence-corrected chi connectivity index (χ4v) is 3.37. The molecule has 1 aliphatic rings. The molecule has 0 saturated carbocycles. The van der Waals surface area contributed by atoms with Gasteiger partial charge in [0.2, 0.25) is 12.7 Å². The number of benzene rings is 1. The largest absolute Gasteiger partial charge is 0.454 e. The van der Waals surface area contributed by atoms with Gasteiger partial charge in [0.15, 0.2) is 16.6 Å². The third kappa shape index (κ3) is 2.82. The number of nitrogens with zero attached hydrogens (tertiary/aromatic N) is 3. The highest BCUT2D eigenvalue weighted by molar-refractivity contribution is 7.22. The van der Waals surface area contributed by atoms with Crippen molar-refractivity contribution in [2.75, 3.05) is 12.1 Å². The van der Waals surface area contributed by atoms with E-state index in [9.17, 15) is 9.59 Å². The molecule has 1 amide bonds. The Morgan fingerprint density at radius 3 is 2.88 bits per heavy atom. The third-order valence-electron chi connectivity index (χ3n) is 3.96. The summed E-state index contributed by atoms with van der Waals surface area (Å²) in [5, 5.41) is 3.17. The lowest BCUT2D eigenvalue weighted by molar-refractivity contribution is -0.116. The van der Waals surface area contributed by atoms with E-state index in [0.29, 0.717) is 27.9 Å². The van der Waals surface area contributed by atoms with E-state index in [1.165, 1.54) is 22.2 Å². The number of carbonyl (C=O) groups is 1. The zero-order chi connectivity index (χ0) is 17.6. The number of nitrogens with one attached hydrogen (secondary N) is 1. The molecule has 2 aromatic heterocycles. The standard InChI is InChI=1S/C16H14N4O4S/c1-8-9(2)17-6-20(15(8)22)5-14(21)19-16-18-10-3-11-12(24-7-23-11)4-13(10)25-16/h3-4,6H,5,7H2,1-2H3,(H,18,19,21). The van der Waals surface area contributed by atoms with Crippen molar-refractivity contribution in [1.82, 2.24) is 14.5 Å². The summed E-state index contributed by atoms with van der Waals surface area (Å²) in [4.78, 5) is 32.8. The molecule has 4 rings (SSSR count). The molecule has 8 nitrogen and oxygen atoms in total. The molecule has 0 unspecified atom stereocenters. The molecule has 128 valence electrons. The Labute approximate surface area is 146 Å². The molecule has 0 atom stereocenters. The van der Waals surface area contributed by atoms with Crippen molar-refractivity contribution >= 4 is 32.6 Å². The van der Waals surface area contributed by atoms with Crippen molar-refractivity contribution in [3.05, 3.63) is 40.1 Å². The Kier molecular flexibility index (Phi) is 3.65. The lowest BCUT2D eigenvalue weighted by atomic mass is 10.3. The van der Waals surface area contributed by atoms with Crippen LogP contribution in [0.15, 0.2) is 23.3 Å². The number of amides is 1. The number of aromatic nitrogens is 3. The number of fused-ring (bicyclic) bond motifs is 2. The van der Waals surface area contributed by atoms with Gasteiger partial charge in [-0.2, -0.15) is 0 Å². The second-order valence-corrected chi connectivity index (χ2v) is 6.66. The van der Waals surface area contributed by atoms with Gasteiger partial charge >= 0.3 is 0 Å². The molecule has 1 aliphatic heterocycles. The first-order valence-corrected chi connectivity index (χ1v) is 8.35. The van der Waals surface area contributed by atoms with Crippen molar-refractivity contribution in [2.45, 2.75) is 20.4 Å².